The van der Waals surface area contributed by atoms with Crippen molar-refractivity contribution in [3.8, 4) is 5.75 Å². The van der Waals surface area contributed by atoms with Gasteiger partial charge in [-0.1, -0.05) is 12.1 Å². The third kappa shape index (κ3) is 3.72. The molecule has 0 saturated carbocycles. The van der Waals surface area contributed by atoms with Crippen LogP contribution < -0.4 is 5.32 Å². The maximum atomic E-state index is 9.86. The number of hydrogen-bond donors (Lipinski definition) is 2. The molecule has 0 bridgehead atoms. The molecule has 90 valence electrons. The highest BCUT2D eigenvalue weighted by Gasteiger charge is 2.12. The fourth-order valence-electron chi connectivity index (χ4n) is 1.83. The van der Waals surface area contributed by atoms with Crippen LogP contribution in [0.4, 0.5) is 0 Å². The van der Waals surface area contributed by atoms with Gasteiger partial charge in [-0.05, 0) is 38.7 Å². The Morgan fingerprint density at radius 3 is 2.62 bits per heavy atom. The fourth-order valence-corrected chi connectivity index (χ4v) is 2.43. The van der Waals surface area contributed by atoms with Crippen molar-refractivity contribution in [1.29, 1.82) is 0 Å². The number of phenolic OH excluding ortho intramolecular Hbond substituents is 1. The van der Waals surface area contributed by atoms with E-state index < -0.39 is 0 Å². The van der Waals surface area contributed by atoms with E-state index in [0.29, 0.717) is 11.8 Å². The largest absolute Gasteiger partial charge is 0.508 e. The Morgan fingerprint density at radius 2 is 2.06 bits per heavy atom. The molecule has 2 N–H and O–H groups in total. The number of aryl methyl sites for hydroxylation is 1. The van der Waals surface area contributed by atoms with Gasteiger partial charge in [0.25, 0.3) is 0 Å². The summed E-state index contributed by atoms with van der Waals surface area (Å²) < 4.78 is 0. The number of hydrogen-bond acceptors (Lipinski definition) is 3. The molecule has 0 heterocycles. The summed E-state index contributed by atoms with van der Waals surface area (Å²) in [7, 11) is 0. The van der Waals surface area contributed by atoms with Crippen molar-refractivity contribution in [3.63, 3.8) is 0 Å². The van der Waals surface area contributed by atoms with Gasteiger partial charge in [0.2, 0.25) is 0 Å². The Morgan fingerprint density at radius 1 is 1.38 bits per heavy atom. The summed E-state index contributed by atoms with van der Waals surface area (Å²) in [5.41, 5.74) is 2.06. The summed E-state index contributed by atoms with van der Waals surface area (Å²) in [6.45, 7) is 6.23. The summed E-state index contributed by atoms with van der Waals surface area (Å²) in [6.07, 6.45) is 2.10. The number of benzene rings is 1. The van der Waals surface area contributed by atoms with Crippen molar-refractivity contribution in [3.05, 3.63) is 29.3 Å². The zero-order valence-corrected chi connectivity index (χ0v) is 11.3. The molecule has 2 atom stereocenters. The van der Waals surface area contributed by atoms with E-state index >= 15 is 0 Å². The molecule has 0 aliphatic carbocycles. The van der Waals surface area contributed by atoms with Crippen molar-refractivity contribution in [1.82, 2.24) is 5.32 Å². The zero-order valence-electron chi connectivity index (χ0n) is 10.4. The first-order valence-corrected chi connectivity index (χ1v) is 6.98. The number of rotatable bonds is 5. The molecule has 3 heteroatoms. The third-order valence-electron chi connectivity index (χ3n) is 2.60. The van der Waals surface area contributed by atoms with Gasteiger partial charge in [0.05, 0.1) is 0 Å². The molecule has 16 heavy (non-hydrogen) atoms. The number of phenols is 1. The average Bonchev–Trinajstić information content (AvgIpc) is 2.17. The highest BCUT2D eigenvalue weighted by atomic mass is 32.2. The van der Waals surface area contributed by atoms with Gasteiger partial charge >= 0.3 is 0 Å². The molecule has 0 saturated heterocycles. The maximum absolute atomic E-state index is 9.86. The normalized spacial score (nSPS) is 14.8. The van der Waals surface area contributed by atoms with Crippen LogP contribution in [0.5, 0.6) is 5.75 Å². The molecule has 0 aliphatic rings. The smallest absolute Gasteiger partial charge is 0.120 e. The topological polar surface area (TPSA) is 32.3 Å². The van der Waals surface area contributed by atoms with Crippen molar-refractivity contribution < 1.29 is 5.11 Å². The van der Waals surface area contributed by atoms with Gasteiger partial charge in [-0.2, -0.15) is 11.8 Å². The molecule has 2 unspecified atom stereocenters. The molecular weight excluding hydrogens is 218 g/mol. The van der Waals surface area contributed by atoms with Crippen molar-refractivity contribution in [2.24, 2.45) is 0 Å². The highest BCUT2D eigenvalue weighted by molar-refractivity contribution is 7.98. The molecular formula is C13H21NOS. The Balaban J connectivity index is 2.69. The van der Waals surface area contributed by atoms with Gasteiger partial charge in [-0.25, -0.2) is 0 Å². The van der Waals surface area contributed by atoms with E-state index in [-0.39, 0.29) is 6.04 Å². The van der Waals surface area contributed by atoms with Crippen LogP contribution in [-0.2, 0) is 0 Å². The highest BCUT2D eigenvalue weighted by Crippen LogP contribution is 2.25. The third-order valence-corrected chi connectivity index (χ3v) is 3.44. The lowest BCUT2D eigenvalue weighted by molar-refractivity contribution is 0.443. The molecule has 0 aliphatic heterocycles. The van der Waals surface area contributed by atoms with E-state index in [4.69, 9.17) is 0 Å². The lowest BCUT2D eigenvalue weighted by Crippen LogP contribution is -2.30. The van der Waals surface area contributed by atoms with Gasteiger partial charge in [0.15, 0.2) is 0 Å². The first kappa shape index (κ1) is 13.4. The predicted molar refractivity (Wildman–Crippen MR) is 72.2 cm³/mol. The minimum Gasteiger partial charge on any atom is -0.508 e. The van der Waals surface area contributed by atoms with E-state index in [1.807, 2.05) is 36.9 Å². The van der Waals surface area contributed by atoms with Gasteiger partial charge in [-0.3, -0.25) is 0 Å². The first-order chi connectivity index (χ1) is 7.54. The zero-order chi connectivity index (χ0) is 12.1. The standard InChI is InChI=1S/C13H21NOS/c1-9-5-6-12(13(15)7-9)11(3)14-10(2)8-16-4/h5-7,10-11,14-15H,8H2,1-4H3. The molecule has 0 fully saturated rings. The summed E-state index contributed by atoms with van der Waals surface area (Å²) in [4.78, 5) is 0. The van der Waals surface area contributed by atoms with Crippen LogP contribution in [0.25, 0.3) is 0 Å². The van der Waals surface area contributed by atoms with E-state index in [0.717, 1.165) is 16.9 Å². The predicted octanol–water partition coefficient (Wildman–Crippen LogP) is 3.10. The SMILES string of the molecule is CSCC(C)NC(C)c1ccc(C)cc1O. The van der Waals surface area contributed by atoms with Crippen LogP contribution in [0.2, 0.25) is 0 Å². The van der Waals surface area contributed by atoms with Crippen LogP contribution in [0, 0.1) is 6.92 Å². The number of nitrogens with one attached hydrogen (secondary N) is 1. The second-order valence-electron chi connectivity index (χ2n) is 4.31. The number of thioether (sulfide) groups is 1. The first-order valence-electron chi connectivity index (χ1n) is 5.59. The Hall–Kier alpha value is -0.670. The van der Waals surface area contributed by atoms with E-state index in [9.17, 15) is 5.11 Å². The Bertz CT molecular complexity index is 341. The molecule has 1 rings (SSSR count). The monoisotopic (exact) mass is 239 g/mol. The Labute approximate surface area is 102 Å². The lowest BCUT2D eigenvalue weighted by atomic mass is 10.0. The van der Waals surface area contributed by atoms with Crippen LogP contribution in [0.15, 0.2) is 18.2 Å². The minimum atomic E-state index is 0.183. The van der Waals surface area contributed by atoms with Gasteiger partial charge in [0, 0.05) is 23.4 Å². The summed E-state index contributed by atoms with van der Waals surface area (Å²) >= 11 is 1.83. The molecule has 0 radical (unpaired) electrons. The quantitative estimate of drug-likeness (QED) is 0.828. The van der Waals surface area contributed by atoms with Gasteiger partial charge in [-0.15, -0.1) is 0 Å². The van der Waals surface area contributed by atoms with Crippen molar-refractivity contribution in [2.45, 2.75) is 32.9 Å². The number of aromatic hydroxyl groups is 1. The fraction of sp³-hybridized carbons (Fsp3) is 0.538. The van der Waals surface area contributed by atoms with Crippen LogP contribution >= 0.6 is 11.8 Å². The van der Waals surface area contributed by atoms with Crippen LogP contribution in [-0.4, -0.2) is 23.2 Å². The lowest BCUT2D eigenvalue weighted by Gasteiger charge is -2.20. The average molecular weight is 239 g/mol. The molecule has 2 nitrogen and oxygen atoms in total. The summed E-state index contributed by atoms with van der Waals surface area (Å²) in [6, 6.07) is 6.47. The second kappa shape index (κ2) is 6.16. The van der Waals surface area contributed by atoms with Crippen molar-refractivity contribution >= 4 is 11.8 Å². The molecule has 0 spiro atoms. The minimum absolute atomic E-state index is 0.183. The van der Waals surface area contributed by atoms with E-state index in [2.05, 4.69) is 25.4 Å². The molecule has 1 aromatic carbocycles. The van der Waals surface area contributed by atoms with E-state index in [1.54, 1.807) is 0 Å². The Kier molecular flexibility index (Phi) is 5.16. The maximum Gasteiger partial charge on any atom is 0.120 e. The summed E-state index contributed by atoms with van der Waals surface area (Å²) in [5.74, 6) is 1.47. The van der Waals surface area contributed by atoms with Crippen molar-refractivity contribution in [2.75, 3.05) is 12.0 Å². The molecule has 0 amide bonds. The molecule has 1 aromatic rings. The summed E-state index contributed by atoms with van der Waals surface area (Å²) in [5, 5.41) is 13.3. The van der Waals surface area contributed by atoms with Crippen LogP contribution in [0.1, 0.15) is 31.0 Å². The van der Waals surface area contributed by atoms with E-state index in [1.165, 1.54) is 0 Å². The van der Waals surface area contributed by atoms with Gasteiger partial charge < -0.3 is 10.4 Å². The second-order valence-corrected chi connectivity index (χ2v) is 5.22. The molecule has 0 aromatic heterocycles. The van der Waals surface area contributed by atoms with Gasteiger partial charge in [0.1, 0.15) is 5.75 Å². The van der Waals surface area contributed by atoms with Crippen LogP contribution in [0.3, 0.4) is 0 Å².